The lowest BCUT2D eigenvalue weighted by molar-refractivity contribution is 0.0297. The Morgan fingerprint density at radius 3 is 3.06 bits per heavy atom. The molecule has 5 heteroatoms. The van der Waals surface area contributed by atoms with Crippen molar-refractivity contribution >= 4 is 5.91 Å². The van der Waals surface area contributed by atoms with Crippen LogP contribution in [0.5, 0.6) is 0 Å². The summed E-state index contributed by atoms with van der Waals surface area (Å²) in [7, 11) is 0. The SMILES string of the molecule is CC1CN(C(=O)c2ccnc(F)c2)CCC1O. The van der Waals surface area contributed by atoms with E-state index in [0.717, 1.165) is 6.07 Å². The highest BCUT2D eigenvalue weighted by Gasteiger charge is 2.27. The molecule has 0 saturated carbocycles. The zero-order valence-electron chi connectivity index (χ0n) is 9.64. The van der Waals surface area contributed by atoms with Gasteiger partial charge in [0, 0.05) is 30.9 Å². The van der Waals surface area contributed by atoms with Gasteiger partial charge in [0.1, 0.15) is 0 Å². The molecule has 2 unspecified atom stereocenters. The first-order valence-corrected chi connectivity index (χ1v) is 5.67. The molecule has 0 aromatic carbocycles. The van der Waals surface area contributed by atoms with Crippen LogP contribution >= 0.6 is 0 Å². The number of carbonyl (C=O) groups is 1. The summed E-state index contributed by atoms with van der Waals surface area (Å²) in [5, 5.41) is 9.58. The van der Waals surface area contributed by atoms with Gasteiger partial charge in [0.05, 0.1) is 6.10 Å². The van der Waals surface area contributed by atoms with Crippen LogP contribution in [0.3, 0.4) is 0 Å². The van der Waals surface area contributed by atoms with E-state index in [1.54, 1.807) is 4.90 Å². The molecule has 1 saturated heterocycles. The van der Waals surface area contributed by atoms with Crippen molar-refractivity contribution in [3.8, 4) is 0 Å². The van der Waals surface area contributed by atoms with Crippen LogP contribution in [0, 0.1) is 11.9 Å². The summed E-state index contributed by atoms with van der Waals surface area (Å²) in [6.45, 7) is 2.91. The van der Waals surface area contributed by atoms with Crippen molar-refractivity contribution in [2.24, 2.45) is 5.92 Å². The van der Waals surface area contributed by atoms with Crippen LogP contribution in [0.25, 0.3) is 0 Å². The number of aromatic nitrogens is 1. The van der Waals surface area contributed by atoms with E-state index in [0.29, 0.717) is 25.1 Å². The van der Waals surface area contributed by atoms with Gasteiger partial charge in [-0.25, -0.2) is 4.98 Å². The zero-order valence-corrected chi connectivity index (χ0v) is 9.64. The Hall–Kier alpha value is -1.49. The van der Waals surface area contributed by atoms with Gasteiger partial charge in [0.25, 0.3) is 5.91 Å². The number of hydrogen-bond acceptors (Lipinski definition) is 3. The van der Waals surface area contributed by atoms with E-state index >= 15 is 0 Å². The van der Waals surface area contributed by atoms with Crippen molar-refractivity contribution in [3.05, 3.63) is 29.8 Å². The average molecular weight is 238 g/mol. The summed E-state index contributed by atoms with van der Waals surface area (Å²) >= 11 is 0. The highest BCUT2D eigenvalue weighted by atomic mass is 19.1. The first-order chi connectivity index (χ1) is 8.08. The van der Waals surface area contributed by atoms with E-state index < -0.39 is 5.95 Å². The minimum Gasteiger partial charge on any atom is -0.393 e. The van der Waals surface area contributed by atoms with Crippen LogP contribution in [0.15, 0.2) is 18.3 Å². The summed E-state index contributed by atoms with van der Waals surface area (Å²) < 4.78 is 12.9. The van der Waals surface area contributed by atoms with E-state index in [4.69, 9.17) is 0 Å². The third-order valence-electron chi connectivity index (χ3n) is 3.12. The number of rotatable bonds is 1. The number of piperidine rings is 1. The van der Waals surface area contributed by atoms with Crippen molar-refractivity contribution in [2.45, 2.75) is 19.4 Å². The van der Waals surface area contributed by atoms with Gasteiger partial charge >= 0.3 is 0 Å². The normalized spacial score (nSPS) is 24.8. The van der Waals surface area contributed by atoms with E-state index in [1.165, 1.54) is 12.3 Å². The van der Waals surface area contributed by atoms with Crippen LogP contribution in [-0.2, 0) is 0 Å². The molecule has 1 aromatic heterocycles. The van der Waals surface area contributed by atoms with E-state index in [-0.39, 0.29) is 17.9 Å². The maximum Gasteiger partial charge on any atom is 0.254 e. The fraction of sp³-hybridized carbons (Fsp3) is 0.500. The Morgan fingerprint density at radius 2 is 2.41 bits per heavy atom. The van der Waals surface area contributed by atoms with Crippen LogP contribution in [0.1, 0.15) is 23.7 Å². The summed E-state index contributed by atoms with van der Waals surface area (Å²) in [6, 6.07) is 2.64. The fourth-order valence-corrected chi connectivity index (χ4v) is 2.04. The number of aliphatic hydroxyl groups is 1. The summed E-state index contributed by atoms with van der Waals surface area (Å²) in [5.74, 6) is -0.801. The topological polar surface area (TPSA) is 53.4 Å². The molecule has 17 heavy (non-hydrogen) atoms. The Balaban J connectivity index is 2.10. The summed E-state index contributed by atoms with van der Waals surface area (Å²) in [5.41, 5.74) is 0.307. The van der Waals surface area contributed by atoms with Crippen molar-refractivity contribution in [3.63, 3.8) is 0 Å². The monoisotopic (exact) mass is 238 g/mol. The van der Waals surface area contributed by atoms with E-state index in [9.17, 15) is 14.3 Å². The fourth-order valence-electron chi connectivity index (χ4n) is 2.04. The first-order valence-electron chi connectivity index (χ1n) is 5.67. The quantitative estimate of drug-likeness (QED) is 0.744. The van der Waals surface area contributed by atoms with Gasteiger partial charge in [-0.2, -0.15) is 4.39 Å². The van der Waals surface area contributed by atoms with Crippen molar-refractivity contribution in [1.29, 1.82) is 0 Å². The van der Waals surface area contributed by atoms with Crippen LogP contribution in [0.4, 0.5) is 4.39 Å². The second-order valence-corrected chi connectivity index (χ2v) is 4.45. The van der Waals surface area contributed by atoms with E-state index in [1.807, 2.05) is 6.92 Å². The molecule has 1 fully saturated rings. The number of hydrogen-bond donors (Lipinski definition) is 1. The third-order valence-corrected chi connectivity index (χ3v) is 3.12. The smallest absolute Gasteiger partial charge is 0.254 e. The second-order valence-electron chi connectivity index (χ2n) is 4.45. The molecule has 1 aromatic rings. The Bertz CT molecular complexity index is 425. The maximum atomic E-state index is 12.9. The Labute approximate surface area is 99.1 Å². The van der Waals surface area contributed by atoms with Crippen molar-refractivity contribution < 1.29 is 14.3 Å². The molecule has 0 spiro atoms. The molecule has 1 aliphatic heterocycles. The average Bonchev–Trinajstić information content (AvgIpc) is 2.32. The summed E-state index contributed by atoms with van der Waals surface area (Å²) in [6.07, 6.45) is 1.50. The predicted molar refractivity (Wildman–Crippen MR) is 59.9 cm³/mol. The molecule has 92 valence electrons. The van der Waals surface area contributed by atoms with Gasteiger partial charge in [0.2, 0.25) is 5.95 Å². The second kappa shape index (κ2) is 4.79. The van der Waals surface area contributed by atoms with Gasteiger partial charge in [-0.3, -0.25) is 4.79 Å². The Kier molecular flexibility index (Phi) is 3.38. The predicted octanol–water partition coefficient (Wildman–Crippen LogP) is 1.06. The molecule has 1 N–H and O–H groups in total. The van der Waals surface area contributed by atoms with Crippen LogP contribution in [-0.4, -0.2) is 40.1 Å². The standard InChI is InChI=1S/C12H15FN2O2/c1-8-7-15(5-3-10(8)16)12(17)9-2-4-14-11(13)6-9/h2,4,6,8,10,16H,3,5,7H2,1H3. The molecule has 0 radical (unpaired) electrons. The first kappa shape index (κ1) is 12.0. The molecule has 0 aliphatic carbocycles. The number of carbonyl (C=O) groups excluding carboxylic acids is 1. The van der Waals surface area contributed by atoms with Gasteiger partial charge in [0.15, 0.2) is 0 Å². The third kappa shape index (κ3) is 2.61. The molecule has 0 bridgehead atoms. The molecule has 4 nitrogen and oxygen atoms in total. The van der Waals surface area contributed by atoms with Crippen molar-refractivity contribution in [1.82, 2.24) is 9.88 Å². The van der Waals surface area contributed by atoms with E-state index in [2.05, 4.69) is 4.98 Å². The largest absolute Gasteiger partial charge is 0.393 e. The maximum absolute atomic E-state index is 12.9. The van der Waals surface area contributed by atoms with Crippen LogP contribution in [0.2, 0.25) is 0 Å². The molecule has 1 amide bonds. The lowest BCUT2D eigenvalue weighted by Gasteiger charge is -2.34. The number of aliphatic hydroxyl groups excluding tert-OH is 1. The Morgan fingerprint density at radius 1 is 1.65 bits per heavy atom. The molecule has 2 atom stereocenters. The molecule has 2 rings (SSSR count). The number of halogens is 1. The van der Waals surface area contributed by atoms with Gasteiger partial charge in [-0.1, -0.05) is 6.92 Å². The van der Waals surface area contributed by atoms with Crippen LogP contribution < -0.4 is 0 Å². The highest BCUT2D eigenvalue weighted by molar-refractivity contribution is 5.94. The molecular weight excluding hydrogens is 223 g/mol. The van der Waals surface area contributed by atoms with Gasteiger partial charge < -0.3 is 10.0 Å². The van der Waals surface area contributed by atoms with Gasteiger partial charge in [-0.15, -0.1) is 0 Å². The highest BCUT2D eigenvalue weighted by Crippen LogP contribution is 2.18. The van der Waals surface area contributed by atoms with Gasteiger partial charge in [-0.05, 0) is 18.4 Å². The summed E-state index contributed by atoms with van der Waals surface area (Å²) in [4.78, 5) is 17.1. The minimum atomic E-state index is -0.652. The number of amides is 1. The molecule has 1 aliphatic rings. The number of nitrogens with zero attached hydrogens (tertiary/aromatic N) is 2. The molecular formula is C12H15FN2O2. The van der Waals surface area contributed by atoms with Crippen molar-refractivity contribution in [2.75, 3.05) is 13.1 Å². The minimum absolute atomic E-state index is 0.0550. The number of pyridine rings is 1. The lowest BCUT2D eigenvalue weighted by atomic mass is 9.96. The molecule has 2 heterocycles. The lowest BCUT2D eigenvalue weighted by Crippen LogP contribution is -2.45. The zero-order chi connectivity index (χ0) is 12.4. The number of likely N-dealkylation sites (tertiary alicyclic amines) is 1.